The number of fused-ring (bicyclic) bond motifs is 1. The van der Waals surface area contributed by atoms with Gasteiger partial charge in [-0.05, 0) is 24.3 Å². The van der Waals surface area contributed by atoms with Gasteiger partial charge in [0.25, 0.3) is 11.8 Å². The van der Waals surface area contributed by atoms with Gasteiger partial charge in [-0.2, -0.15) is 0 Å². The number of nitrogens with zero attached hydrogens (tertiary/aromatic N) is 4. The summed E-state index contributed by atoms with van der Waals surface area (Å²) in [6.07, 6.45) is 5.47. The maximum absolute atomic E-state index is 12.8. The molecule has 1 atom stereocenters. The third kappa shape index (κ3) is 3.15. The Bertz CT molecular complexity index is 1310. The van der Waals surface area contributed by atoms with Gasteiger partial charge in [-0.25, -0.2) is 4.98 Å². The Hall–Kier alpha value is -3.98. The topological polar surface area (TPSA) is 113 Å². The van der Waals surface area contributed by atoms with Gasteiger partial charge in [-0.15, -0.1) is 0 Å². The molecule has 1 fully saturated rings. The molecule has 1 aliphatic rings. The minimum Gasteiger partial charge on any atom is -0.373 e. The predicted molar refractivity (Wildman–Crippen MR) is 111 cm³/mol. The van der Waals surface area contributed by atoms with E-state index in [0.29, 0.717) is 34.7 Å². The molecule has 156 valence electrons. The zero-order valence-electron chi connectivity index (χ0n) is 16.6. The molecule has 0 radical (unpaired) electrons. The first-order valence-electron chi connectivity index (χ1n) is 9.74. The molecule has 4 heterocycles. The van der Waals surface area contributed by atoms with E-state index >= 15 is 0 Å². The van der Waals surface area contributed by atoms with E-state index in [2.05, 4.69) is 15.5 Å². The number of likely N-dealkylation sites (tertiary alicyclic amines) is 1. The van der Waals surface area contributed by atoms with Crippen molar-refractivity contribution in [3.05, 3.63) is 72.4 Å². The summed E-state index contributed by atoms with van der Waals surface area (Å²) in [5.41, 5.74) is 1.02. The molecular weight excluding hydrogens is 398 g/mol. The van der Waals surface area contributed by atoms with Crippen LogP contribution in [-0.4, -0.2) is 50.0 Å². The van der Waals surface area contributed by atoms with E-state index in [1.807, 2.05) is 6.20 Å². The number of carbonyl (C=O) groups is 2. The van der Waals surface area contributed by atoms with Gasteiger partial charge in [0.05, 0.1) is 5.56 Å². The normalized spacial score (nSPS) is 18.6. The summed E-state index contributed by atoms with van der Waals surface area (Å²) < 4.78 is 7.08. The van der Waals surface area contributed by atoms with Crippen LogP contribution in [0.4, 0.5) is 5.69 Å². The maximum atomic E-state index is 12.8. The quantitative estimate of drug-likeness (QED) is 0.527. The van der Waals surface area contributed by atoms with Crippen LogP contribution in [0.25, 0.3) is 16.9 Å². The highest BCUT2D eigenvalue weighted by Gasteiger charge is 2.48. The van der Waals surface area contributed by atoms with Crippen molar-refractivity contribution in [2.75, 3.05) is 18.9 Å². The number of aromatic nitrogens is 3. The van der Waals surface area contributed by atoms with Crippen molar-refractivity contribution in [2.45, 2.75) is 12.0 Å². The highest BCUT2D eigenvalue weighted by Crippen LogP contribution is 2.35. The van der Waals surface area contributed by atoms with Gasteiger partial charge >= 0.3 is 0 Å². The molecule has 0 saturated carbocycles. The smallest absolute Gasteiger partial charge is 0.262 e. The number of benzene rings is 1. The summed E-state index contributed by atoms with van der Waals surface area (Å²) in [5.74, 6) is -0.592. The SMILES string of the molecule is CN1CC[C@@](O)(c2cc(-c3cccc(NC(=O)c4cccn5ccnc45)c3)no2)C1=O. The maximum Gasteiger partial charge on any atom is 0.262 e. The molecule has 2 amide bonds. The number of hydrogen-bond donors (Lipinski definition) is 2. The lowest BCUT2D eigenvalue weighted by Crippen LogP contribution is -2.35. The van der Waals surface area contributed by atoms with Crippen molar-refractivity contribution in [1.29, 1.82) is 0 Å². The molecule has 2 N–H and O–H groups in total. The minimum atomic E-state index is -1.70. The fourth-order valence-electron chi connectivity index (χ4n) is 3.77. The first-order valence-corrected chi connectivity index (χ1v) is 9.74. The molecule has 9 nitrogen and oxygen atoms in total. The Balaban J connectivity index is 1.40. The van der Waals surface area contributed by atoms with Crippen LogP contribution in [0.15, 0.2) is 65.6 Å². The van der Waals surface area contributed by atoms with E-state index in [4.69, 9.17) is 4.52 Å². The van der Waals surface area contributed by atoms with E-state index < -0.39 is 11.5 Å². The van der Waals surface area contributed by atoms with E-state index in [1.165, 1.54) is 4.90 Å². The third-order valence-corrected chi connectivity index (χ3v) is 5.51. The van der Waals surface area contributed by atoms with Crippen LogP contribution in [0.2, 0.25) is 0 Å². The molecule has 0 aliphatic carbocycles. The number of nitrogens with one attached hydrogen (secondary N) is 1. The van der Waals surface area contributed by atoms with Crippen molar-refractivity contribution < 1.29 is 19.2 Å². The Kier molecular flexibility index (Phi) is 4.33. The second kappa shape index (κ2) is 7.06. The van der Waals surface area contributed by atoms with E-state index in [-0.39, 0.29) is 18.1 Å². The van der Waals surface area contributed by atoms with Crippen molar-refractivity contribution in [2.24, 2.45) is 0 Å². The monoisotopic (exact) mass is 417 g/mol. The van der Waals surface area contributed by atoms with Crippen LogP contribution in [0.1, 0.15) is 22.5 Å². The number of hydrogen-bond acceptors (Lipinski definition) is 6. The first kappa shape index (κ1) is 19.0. The fraction of sp³-hybridized carbons (Fsp3) is 0.182. The number of aliphatic hydroxyl groups is 1. The summed E-state index contributed by atoms with van der Waals surface area (Å²) >= 11 is 0. The lowest BCUT2D eigenvalue weighted by Gasteiger charge is -2.16. The number of pyridine rings is 1. The molecule has 1 aromatic carbocycles. The number of likely N-dealkylation sites (N-methyl/N-ethyl adjacent to an activating group) is 1. The molecule has 3 aromatic heterocycles. The van der Waals surface area contributed by atoms with Crippen molar-refractivity contribution in [3.8, 4) is 11.3 Å². The van der Waals surface area contributed by atoms with Crippen LogP contribution in [0.5, 0.6) is 0 Å². The summed E-state index contributed by atoms with van der Waals surface area (Å²) in [6, 6.07) is 12.1. The molecule has 31 heavy (non-hydrogen) atoms. The summed E-state index contributed by atoms with van der Waals surface area (Å²) in [5, 5.41) is 17.6. The molecule has 0 spiro atoms. The Morgan fingerprint density at radius 2 is 2.10 bits per heavy atom. The average molecular weight is 417 g/mol. The van der Waals surface area contributed by atoms with Crippen molar-refractivity contribution in [3.63, 3.8) is 0 Å². The van der Waals surface area contributed by atoms with Crippen molar-refractivity contribution in [1.82, 2.24) is 19.4 Å². The molecule has 0 unspecified atom stereocenters. The van der Waals surface area contributed by atoms with Crippen LogP contribution in [-0.2, 0) is 10.4 Å². The molecule has 1 saturated heterocycles. The van der Waals surface area contributed by atoms with Crippen LogP contribution in [0, 0.1) is 0 Å². The van der Waals surface area contributed by atoms with E-state index in [1.54, 1.807) is 66.3 Å². The lowest BCUT2D eigenvalue weighted by atomic mass is 9.98. The summed E-state index contributed by atoms with van der Waals surface area (Å²) in [7, 11) is 1.63. The number of rotatable bonds is 4. The summed E-state index contributed by atoms with van der Waals surface area (Å²) in [6.45, 7) is 0.441. The first-order chi connectivity index (χ1) is 15.0. The van der Waals surface area contributed by atoms with Gasteiger partial charge in [0, 0.05) is 55.9 Å². The van der Waals surface area contributed by atoms with Gasteiger partial charge in [-0.3, -0.25) is 9.59 Å². The number of carbonyl (C=O) groups excluding carboxylic acids is 2. The molecule has 0 bridgehead atoms. The number of amides is 2. The van der Waals surface area contributed by atoms with Gasteiger partial charge in [-0.1, -0.05) is 17.3 Å². The van der Waals surface area contributed by atoms with Crippen LogP contribution >= 0.6 is 0 Å². The van der Waals surface area contributed by atoms with Crippen molar-refractivity contribution >= 4 is 23.1 Å². The highest BCUT2D eigenvalue weighted by molar-refractivity contribution is 6.08. The largest absolute Gasteiger partial charge is 0.373 e. The predicted octanol–water partition coefficient (Wildman–Crippen LogP) is 2.29. The lowest BCUT2D eigenvalue weighted by molar-refractivity contribution is -0.144. The third-order valence-electron chi connectivity index (χ3n) is 5.51. The van der Waals surface area contributed by atoms with Crippen LogP contribution in [0.3, 0.4) is 0 Å². The highest BCUT2D eigenvalue weighted by atomic mass is 16.5. The summed E-state index contributed by atoms with van der Waals surface area (Å²) in [4.78, 5) is 30.8. The van der Waals surface area contributed by atoms with E-state index in [9.17, 15) is 14.7 Å². The van der Waals surface area contributed by atoms with Gasteiger partial charge in [0.2, 0.25) is 5.60 Å². The fourth-order valence-corrected chi connectivity index (χ4v) is 3.77. The second-order valence-corrected chi connectivity index (χ2v) is 7.53. The standard InChI is InChI=1S/C22H19N5O4/c1-26-10-7-22(30,21(26)29)18-13-17(25-31-18)14-4-2-5-15(12-14)24-20(28)16-6-3-9-27-11-8-23-19(16)27/h2-6,8-9,11-13,30H,7,10H2,1H3,(H,24,28)/t22-/m1/s1. The van der Waals surface area contributed by atoms with Crippen LogP contribution < -0.4 is 5.32 Å². The molecule has 5 rings (SSSR count). The number of imidazole rings is 1. The molecule has 4 aromatic rings. The Morgan fingerprint density at radius 3 is 2.90 bits per heavy atom. The zero-order valence-corrected chi connectivity index (χ0v) is 16.6. The Labute approximate surface area is 176 Å². The second-order valence-electron chi connectivity index (χ2n) is 7.53. The van der Waals surface area contributed by atoms with E-state index in [0.717, 1.165) is 0 Å². The molecular formula is C22H19N5O4. The Morgan fingerprint density at radius 1 is 1.23 bits per heavy atom. The van der Waals surface area contributed by atoms with Gasteiger partial charge in [0.1, 0.15) is 11.3 Å². The average Bonchev–Trinajstić information content (AvgIpc) is 3.51. The molecule has 1 aliphatic heterocycles. The van der Waals surface area contributed by atoms with Gasteiger partial charge in [0.15, 0.2) is 5.76 Å². The minimum absolute atomic E-state index is 0.109. The molecule has 9 heteroatoms. The number of anilines is 1. The van der Waals surface area contributed by atoms with Gasteiger partial charge < -0.3 is 24.2 Å². The zero-order chi connectivity index (χ0) is 21.6.